The van der Waals surface area contributed by atoms with Gasteiger partial charge in [0.25, 0.3) is 5.91 Å². The van der Waals surface area contributed by atoms with E-state index >= 15 is 0 Å². The molecule has 0 bridgehead atoms. The average molecular weight is 446 g/mol. The Labute approximate surface area is 171 Å². The third kappa shape index (κ3) is 4.33. The normalized spacial score (nSPS) is 10.6. The Morgan fingerprint density at radius 1 is 1.29 bits per heavy atom. The zero-order valence-electron chi connectivity index (χ0n) is 15.8. The highest BCUT2D eigenvalue weighted by Gasteiger charge is 2.18. The van der Waals surface area contributed by atoms with Gasteiger partial charge in [-0.05, 0) is 46.6 Å². The van der Waals surface area contributed by atoms with Crippen molar-refractivity contribution in [3.05, 3.63) is 52.3 Å². The highest BCUT2D eigenvalue weighted by molar-refractivity contribution is 9.10. The molecule has 3 aromatic rings. The first-order valence-electron chi connectivity index (χ1n) is 8.74. The van der Waals surface area contributed by atoms with Gasteiger partial charge >= 0.3 is 0 Å². The van der Waals surface area contributed by atoms with Crippen molar-refractivity contribution in [1.29, 1.82) is 0 Å². The summed E-state index contributed by atoms with van der Waals surface area (Å²) < 4.78 is 16.8. The molecule has 146 valence electrons. The molecule has 0 saturated carbocycles. The number of carbonyl (C=O) groups is 1. The Morgan fingerprint density at radius 2 is 2.07 bits per heavy atom. The van der Waals surface area contributed by atoms with Gasteiger partial charge < -0.3 is 19.3 Å². The van der Waals surface area contributed by atoms with Gasteiger partial charge in [0.1, 0.15) is 0 Å². The van der Waals surface area contributed by atoms with Crippen LogP contribution in [0, 0.1) is 6.92 Å². The van der Waals surface area contributed by atoms with Crippen LogP contribution in [0.2, 0.25) is 0 Å². The third-order valence-electron chi connectivity index (χ3n) is 3.89. The minimum Gasteiger partial charge on any atom is -0.493 e. The number of nitrogens with zero attached hydrogens (tertiary/aromatic N) is 2. The van der Waals surface area contributed by atoms with Crippen LogP contribution in [0.4, 0.5) is 5.69 Å². The number of aromatic nitrogens is 2. The summed E-state index contributed by atoms with van der Waals surface area (Å²) in [5.41, 5.74) is 1.67. The molecule has 2 aromatic carbocycles. The lowest BCUT2D eigenvalue weighted by molar-refractivity contribution is 0.102. The Balaban J connectivity index is 1.89. The minimum absolute atomic E-state index is 0.297. The lowest BCUT2D eigenvalue weighted by Crippen LogP contribution is -2.13. The van der Waals surface area contributed by atoms with Crippen molar-refractivity contribution in [2.75, 3.05) is 19.0 Å². The topological polar surface area (TPSA) is 86.5 Å². The maximum atomic E-state index is 12.9. The van der Waals surface area contributed by atoms with E-state index in [4.69, 9.17) is 14.0 Å². The van der Waals surface area contributed by atoms with Crippen molar-refractivity contribution >= 4 is 27.5 Å². The summed E-state index contributed by atoms with van der Waals surface area (Å²) in [5.74, 6) is 1.62. The summed E-state index contributed by atoms with van der Waals surface area (Å²) in [7, 11) is 1.54. The zero-order valence-corrected chi connectivity index (χ0v) is 17.4. The highest BCUT2D eigenvalue weighted by Crippen LogP contribution is 2.37. The number of methoxy groups -OCH3 is 1. The molecule has 3 rings (SSSR count). The number of amides is 1. The fraction of sp³-hybridized carbons (Fsp3) is 0.250. The number of rotatable bonds is 7. The summed E-state index contributed by atoms with van der Waals surface area (Å²) in [6.07, 6.45) is 0.865. The lowest BCUT2D eigenvalue weighted by atomic mass is 10.1. The average Bonchev–Trinajstić information content (AvgIpc) is 3.13. The Morgan fingerprint density at radius 3 is 2.75 bits per heavy atom. The number of anilines is 1. The van der Waals surface area contributed by atoms with Crippen LogP contribution in [0.5, 0.6) is 11.5 Å². The van der Waals surface area contributed by atoms with Crippen LogP contribution >= 0.6 is 15.9 Å². The number of halogens is 1. The molecule has 8 heteroatoms. The van der Waals surface area contributed by atoms with E-state index in [1.165, 1.54) is 7.11 Å². The first kappa shape index (κ1) is 19.9. The molecule has 0 radical (unpaired) electrons. The summed E-state index contributed by atoms with van der Waals surface area (Å²) in [4.78, 5) is 17.1. The maximum Gasteiger partial charge on any atom is 0.255 e. The van der Waals surface area contributed by atoms with Crippen LogP contribution in [0.1, 0.15) is 29.6 Å². The van der Waals surface area contributed by atoms with Crippen LogP contribution < -0.4 is 14.8 Å². The van der Waals surface area contributed by atoms with Crippen LogP contribution in [-0.2, 0) is 0 Å². The van der Waals surface area contributed by atoms with Gasteiger partial charge in [-0.25, -0.2) is 0 Å². The van der Waals surface area contributed by atoms with Crippen LogP contribution in [0.15, 0.2) is 45.4 Å². The fourth-order valence-corrected chi connectivity index (χ4v) is 3.14. The fourth-order valence-electron chi connectivity index (χ4n) is 2.59. The number of hydrogen-bond acceptors (Lipinski definition) is 6. The van der Waals surface area contributed by atoms with Gasteiger partial charge in [-0.3, -0.25) is 4.79 Å². The van der Waals surface area contributed by atoms with E-state index in [9.17, 15) is 4.79 Å². The lowest BCUT2D eigenvalue weighted by Gasteiger charge is -2.14. The minimum atomic E-state index is -0.297. The number of benzene rings is 2. The number of carbonyl (C=O) groups excluding carboxylic acids is 1. The van der Waals surface area contributed by atoms with E-state index in [0.29, 0.717) is 51.1 Å². The van der Waals surface area contributed by atoms with E-state index < -0.39 is 0 Å². The Hall–Kier alpha value is -2.87. The number of nitrogens with one attached hydrogen (secondary N) is 1. The van der Waals surface area contributed by atoms with E-state index in [2.05, 4.69) is 31.4 Å². The van der Waals surface area contributed by atoms with Crippen molar-refractivity contribution in [3.8, 4) is 22.9 Å². The van der Waals surface area contributed by atoms with E-state index in [1.807, 2.05) is 25.1 Å². The van der Waals surface area contributed by atoms with Gasteiger partial charge in [0.05, 0.1) is 23.9 Å². The number of aryl methyl sites for hydroxylation is 1. The molecule has 0 spiro atoms. The highest BCUT2D eigenvalue weighted by atomic mass is 79.9. The van der Waals surface area contributed by atoms with Gasteiger partial charge in [0.15, 0.2) is 11.5 Å². The summed E-state index contributed by atoms with van der Waals surface area (Å²) >= 11 is 3.46. The predicted octanol–water partition coefficient (Wildman–Crippen LogP) is 4.86. The molecule has 0 aliphatic heterocycles. The Bertz CT molecular complexity index is 987. The number of hydrogen-bond donors (Lipinski definition) is 1. The first-order valence-corrected chi connectivity index (χ1v) is 9.54. The summed E-state index contributed by atoms with van der Waals surface area (Å²) in [6, 6.07) is 10.6. The largest absolute Gasteiger partial charge is 0.493 e. The predicted molar refractivity (Wildman–Crippen MR) is 109 cm³/mol. The first-order chi connectivity index (χ1) is 13.5. The third-order valence-corrected chi connectivity index (χ3v) is 4.47. The van der Waals surface area contributed by atoms with Crippen LogP contribution in [0.25, 0.3) is 11.4 Å². The number of ether oxygens (including phenoxy) is 2. The molecule has 0 fully saturated rings. The molecule has 0 aliphatic rings. The quantitative estimate of drug-likeness (QED) is 0.558. The standard InChI is InChI=1S/C20H20BrN3O4/c1-4-9-27-18-15(21)10-13(11-17(18)26-3)20(25)23-16-8-6-5-7-14(16)19-22-12(2)28-24-19/h5-8,10-11H,4,9H2,1-3H3,(H,23,25). The van der Waals surface area contributed by atoms with Gasteiger partial charge in [-0.15, -0.1) is 0 Å². The second kappa shape index (κ2) is 8.88. The molecule has 1 amide bonds. The monoisotopic (exact) mass is 445 g/mol. The van der Waals surface area contributed by atoms with E-state index in [0.717, 1.165) is 6.42 Å². The van der Waals surface area contributed by atoms with Gasteiger partial charge in [-0.2, -0.15) is 4.98 Å². The zero-order chi connectivity index (χ0) is 20.1. The SMILES string of the molecule is CCCOc1c(Br)cc(C(=O)Nc2ccccc2-c2noc(C)n2)cc1OC. The van der Waals surface area contributed by atoms with Gasteiger partial charge in [0.2, 0.25) is 11.7 Å². The number of para-hydroxylation sites is 1. The van der Waals surface area contributed by atoms with Crippen molar-refractivity contribution in [3.63, 3.8) is 0 Å². The molecular weight excluding hydrogens is 426 g/mol. The molecular formula is C20H20BrN3O4. The molecule has 0 atom stereocenters. The second-order valence-corrected chi connectivity index (χ2v) is 6.83. The van der Waals surface area contributed by atoms with Gasteiger partial charge in [-0.1, -0.05) is 24.2 Å². The van der Waals surface area contributed by atoms with Crippen molar-refractivity contribution in [1.82, 2.24) is 10.1 Å². The van der Waals surface area contributed by atoms with Crippen LogP contribution in [-0.4, -0.2) is 29.8 Å². The molecule has 0 aliphatic carbocycles. The molecule has 0 saturated heterocycles. The van der Waals surface area contributed by atoms with Crippen molar-refractivity contribution < 1.29 is 18.8 Å². The van der Waals surface area contributed by atoms with Gasteiger partial charge in [0, 0.05) is 18.1 Å². The molecule has 1 aromatic heterocycles. The van der Waals surface area contributed by atoms with E-state index in [1.54, 1.807) is 25.1 Å². The van der Waals surface area contributed by atoms with E-state index in [-0.39, 0.29) is 5.91 Å². The van der Waals surface area contributed by atoms with Crippen molar-refractivity contribution in [2.45, 2.75) is 20.3 Å². The smallest absolute Gasteiger partial charge is 0.255 e. The Kier molecular flexibility index (Phi) is 6.30. The molecule has 28 heavy (non-hydrogen) atoms. The summed E-state index contributed by atoms with van der Waals surface area (Å²) in [5, 5.41) is 6.82. The molecule has 7 nitrogen and oxygen atoms in total. The second-order valence-electron chi connectivity index (χ2n) is 5.97. The summed E-state index contributed by atoms with van der Waals surface area (Å²) in [6.45, 7) is 4.28. The van der Waals surface area contributed by atoms with Crippen LogP contribution in [0.3, 0.4) is 0 Å². The van der Waals surface area contributed by atoms with Crippen molar-refractivity contribution in [2.24, 2.45) is 0 Å². The maximum absolute atomic E-state index is 12.9. The molecule has 1 N–H and O–H groups in total. The molecule has 1 heterocycles. The molecule has 0 unspecified atom stereocenters.